The third-order valence-electron chi connectivity index (χ3n) is 3.12. The average molecular weight is 310 g/mol. The van der Waals surface area contributed by atoms with Crippen molar-refractivity contribution in [1.29, 1.82) is 0 Å². The van der Waals surface area contributed by atoms with Gasteiger partial charge in [-0.05, 0) is 32.4 Å². The van der Waals surface area contributed by atoms with Crippen molar-refractivity contribution in [2.45, 2.75) is 34.6 Å². The summed E-state index contributed by atoms with van der Waals surface area (Å²) < 4.78 is 3.56. The molecular weight excluding hydrogens is 288 g/mol. The van der Waals surface area contributed by atoms with Crippen molar-refractivity contribution in [2.24, 2.45) is 0 Å². The van der Waals surface area contributed by atoms with Gasteiger partial charge >= 0.3 is 0 Å². The topological polar surface area (TPSA) is 60.4 Å². The Labute approximate surface area is 135 Å². The first kappa shape index (κ1) is 16.6. The van der Waals surface area contributed by atoms with Gasteiger partial charge in [0.05, 0.1) is 12.4 Å². The van der Waals surface area contributed by atoms with Crippen molar-refractivity contribution >= 4 is 11.3 Å². The molecule has 0 saturated carbocycles. The molecule has 6 nitrogen and oxygen atoms in total. The van der Waals surface area contributed by atoms with Crippen LogP contribution in [-0.2, 0) is 0 Å². The summed E-state index contributed by atoms with van der Waals surface area (Å²) in [5.41, 5.74) is 5.23. The van der Waals surface area contributed by atoms with Crippen molar-refractivity contribution in [3.05, 3.63) is 59.9 Å². The maximum Gasteiger partial charge on any atom is 0.157 e. The monoisotopic (exact) mass is 310 g/mol. The van der Waals surface area contributed by atoms with Crippen LogP contribution in [0.2, 0.25) is 0 Å². The summed E-state index contributed by atoms with van der Waals surface area (Å²) in [6.45, 7) is 10.0. The minimum absolute atomic E-state index is 0.933. The lowest BCUT2D eigenvalue weighted by molar-refractivity contribution is 0.928. The van der Waals surface area contributed by atoms with Crippen molar-refractivity contribution in [3.63, 3.8) is 0 Å². The minimum atomic E-state index is 0.933. The Morgan fingerprint density at radius 1 is 0.783 bits per heavy atom. The molecule has 0 aliphatic rings. The van der Waals surface area contributed by atoms with E-state index in [-0.39, 0.29) is 0 Å². The van der Waals surface area contributed by atoms with Gasteiger partial charge in [-0.1, -0.05) is 13.8 Å². The lowest BCUT2D eigenvalue weighted by Crippen LogP contribution is -1.90. The van der Waals surface area contributed by atoms with Crippen LogP contribution in [0.3, 0.4) is 0 Å². The molecule has 0 unspecified atom stereocenters. The summed E-state index contributed by atoms with van der Waals surface area (Å²) in [5, 5.41) is 8.21. The molecule has 0 N–H and O–H groups in total. The molecule has 0 fully saturated rings. The Morgan fingerprint density at radius 2 is 1.39 bits per heavy atom. The number of rotatable bonds is 0. The van der Waals surface area contributed by atoms with Crippen LogP contribution < -0.4 is 0 Å². The highest BCUT2D eigenvalue weighted by Gasteiger charge is 1.98. The zero-order chi connectivity index (χ0) is 16.8. The van der Waals surface area contributed by atoms with Crippen LogP contribution in [0.5, 0.6) is 0 Å². The quantitative estimate of drug-likeness (QED) is 0.499. The Bertz CT molecular complexity index is 890. The molecule has 4 aromatic rings. The molecule has 0 bridgehead atoms. The summed E-state index contributed by atoms with van der Waals surface area (Å²) in [7, 11) is 0. The van der Waals surface area contributed by atoms with Gasteiger partial charge < -0.3 is 0 Å². The molecule has 120 valence electrons. The van der Waals surface area contributed by atoms with Crippen molar-refractivity contribution in [2.75, 3.05) is 0 Å². The standard InChI is InChI=1S/C8H9N3.C7H7N3.C2H6/c1-6-3-9-8-7(2)4-10-11(8)5-6;1-6-5-9-10-4-2-3-8-7(6)10;1-2/h3-5H,1-2H3;2-5H,1H3;1-2H3. The largest absolute Gasteiger partial charge is 0.237 e. The fourth-order valence-electron chi connectivity index (χ4n) is 2.03. The van der Waals surface area contributed by atoms with E-state index in [1.165, 1.54) is 0 Å². The van der Waals surface area contributed by atoms with Crippen LogP contribution in [0.1, 0.15) is 30.5 Å². The second kappa shape index (κ2) is 7.49. The first-order valence-corrected chi connectivity index (χ1v) is 7.66. The molecule has 0 aliphatic heterocycles. The van der Waals surface area contributed by atoms with Gasteiger partial charge in [0.1, 0.15) is 0 Å². The highest BCUT2D eigenvalue weighted by atomic mass is 15.2. The third-order valence-corrected chi connectivity index (χ3v) is 3.12. The third kappa shape index (κ3) is 3.71. The van der Waals surface area contributed by atoms with Gasteiger partial charge in [-0.2, -0.15) is 10.2 Å². The van der Waals surface area contributed by atoms with Crippen molar-refractivity contribution in [1.82, 2.24) is 29.2 Å². The zero-order valence-corrected chi connectivity index (χ0v) is 14.2. The van der Waals surface area contributed by atoms with Crippen molar-refractivity contribution < 1.29 is 0 Å². The van der Waals surface area contributed by atoms with Crippen molar-refractivity contribution in [3.8, 4) is 0 Å². The Hall–Kier alpha value is -2.76. The predicted molar refractivity (Wildman–Crippen MR) is 91.5 cm³/mol. The first-order valence-electron chi connectivity index (χ1n) is 7.66. The molecule has 4 rings (SSSR count). The summed E-state index contributed by atoms with van der Waals surface area (Å²) in [6, 6.07) is 1.86. The molecule has 0 radical (unpaired) electrons. The lowest BCUT2D eigenvalue weighted by Gasteiger charge is -1.93. The highest BCUT2D eigenvalue weighted by molar-refractivity contribution is 5.45. The molecule has 6 heteroatoms. The molecule has 4 heterocycles. The van der Waals surface area contributed by atoms with Crippen LogP contribution in [0.15, 0.2) is 43.2 Å². The lowest BCUT2D eigenvalue weighted by atomic mass is 10.3. The van der Waals surface area contributed by atoms with Crippen LogP contribution in [0.25, 0.3) is 11.3 Å². The van der Waals surface area contributed by atoms with Gasteiger partial charge in [0.2, 0.25) is 0 Å². The Kier molecular flexibility index (Phi) is 5.41. The van der Waals surface area contributed by atoms with Gasteiger partial charge in [0.15, 0.2) is 11.3 Å². The molecular formula is C17H22N6. The number of hydrogen-bond donors (Lipinski definition) is 0. The van der Waals surface area contributed by atoms with E-state index in [4.69, 9.17) is 0 Å². The molecule has 0 saturated heterocycles. The predicted octanol–water partition coefficient (Wildman–Crippen LogP) is 3.41. The second-order valence-electron chi connectivity index (χ2n) is 4.94. The van der Waals surface area contributed by atoms with Crippen LogP contribution in [0, 0.1) is 20.8 Å². The summed E-state index contributed by atoms with van der Waals surface area (Å²) in [6.07, 6.45) is 11.1. The van der Waals surface area contributed by atoms with Gasteiger partial charge in [-0.3, -0.25) is 0 Å². The minimum Gasteiger partial charge on any atom is -0.237 e. The van der Waals surface area contributed by atoms with Crippen LogP contribution in [-0.4, -0.2) is 29.2 Å². The second-order valence-corrected chi connectivity index (χ2v) is 4.94. The van der Waals surface area contributed by atoms with E-state index in [0.717, 1.165) is 28.0 Å². The summed E-state index contributed by atoms with van der Waals surface area (Å²) in [4.78, 5) is 8.38. The fourth-order valence-corrected chi connectivity index (χ4v) is 2.03. The molecule has 4 aromatic heterocycles. The zero-order valence-electron chi connectivity index (χ0n) is 14.2. The summed E-state index contributed by atoms with van der Waals surface area (Å²) in [5.74, 6) is 0. The van der Waals surface area contributed by atoms with E-state index in [9.17, 15) is 0 Å². The smallest absolute Gasteiger partial charge is 0.157 e. The van der Waals surface area contributed by atoms with E-state index < -0.39 is 0 Å². The maximum absolute atomic E-state index is 4.24. The SMILES string of the molecule is CC.Cc1cnc2c(C)cnn2c1.Cc1cnn2cccnc12. The molecule has 0 aliphatic carbocycles. The number of aromatic nitrogens is 6. The van der Waals surface area contributed by atoms with Crippen LogP contribution >= 0.6 is 0 Å². The first-order chi connectivity index (χ1) is 11.1. The average Bonchev–Trinajstić information content (AvgIpc) is 3.14. The van der Waals surface area contributed by atoms with E-state index >= 15 is 0 Å². The normalized spacial score (nSPS) is 9.96. The van der Waals surface area contributed by atoms with Gasteiger partial charge in [-0.25, -0.2) is 19.0 Å². The number of hydrogen-bond acceptors (Lipinski definition) is 4. The highest BCUT2D eigenvalue weighted by Crippen LogP contribution is 2.05. The molecule has 0 spiro atoms. The van der Waals surface area contributed by atoms with E-state index in [0.29, 0.717) is 0 Å². The van der Waals surface area contributed by atoms with Crippen LogP contribution in [0.4, 0.5) is 0 Å². The summed E-state index contributed by atoms with van der Waals surface area (Å²) >= 11 is 0. The number of fused-ring (bicyclic) bond motifs is 2. The van der Waals surface area contributed by atoms with Gasteiger partial charge in [-0.15, -0.1) is 0 Å². The van der Waals surface area contributed by atoms with Gasteiger partial charge in [0, 0.05) is 35.9 Å². The molecule has 0 atom stereocenters. The Balaban J connectivity index is 0.000000152. The van der Waals surface area contributed by atoms with E-state index in [2.05, 4.69) is 20.2 Å². The maximum atomic E-state index is 4.24. The van der Waals surface area contributed by atoms with E-state index in [1.54, 1.807) is 15.2 Å². The molecule has 0 aromatic carbocycles. The number of nitrogens with zero attached hydrogens (tertiary/aromatic N) is 6. The Morgan fingerprint density at radius 3 is 2.04 bits per heavy atom. The molecule has 23 heavy (non-hydrogen) atoms. The fraction of sp³-hybridized carbons (Fsp3) is 0.294. The molecule has 0 amide bonds. The van der Waals surface area contributed by atoms with Gasteiger partial charge in [0.25, 0.3) is 0 Å². The van der Waals surface area contributed by atoms with E-state index in [1.807, 2.05) is 71.7 Å². The number of aryl methyl sites for hydroxylation is 3.